The van der Waals surface area contributed by atoms with Crippen molar-refractivity contribution < 1.29 is 19.0 Å². The van der Waals surface area contributed by atoms with Gasteiger partial charge in [-0.3, -0.25) is 9.20 Å². The summed E-state index contributed by atoms with van der Waals surface area (Å²) in [6.07, 6.45) is 1.33. The van der Waals surface area contributed by atoms with Crippen molar-refractivity contribution in [2.75, 3.05) is 26.4 Å². The molecule has 2 N–H and O–H groups in total. The first kappa shape index (κ1) is 15.9. The number of fused-ring (bicyclic) bond motifs is 1. The van der Waals surface area contributed by atoms with E-state index in [4.69, 9.17) is 4.74 Å². The van der Waals surface area contributed by atoms with Crippen LogP contribution < -0.4 is 5.32 Å². The number of aliphatic hydroxyl groups is 1. The standard InChI is InChI=1S/C16H20FN3O3/c1-11-3-2-4-12-19-13(14(17)20(11)12)15(22)18-9-16(10-21)5-7-23-8-6-16/h2-4,21H,5-10H2,1H3,(H,18,22). The Morgan fingerprint density at radius 2 is 2.22 bits per heavy atom. The van der Waals surface area contributed by atoms with Crippen LogP contribution in [0.4, 0.5) is 4.39 Å². The summed E-state index contributed by atoms with van der Waals surface area (Å²) in [5.74, 6) is -1.23. The minimum absolute atomic E-state index is 0.0383. The number of nitrogens with one attached hydrogen (secondary N) is 1. The molecule has 2 aromatic heterocycles. The van der Waals surface area contributed by atoms with Gasteiger partial charge in [-0.2, -0.15) is 4.39 Å². The molecule has 1 aliphatic rings. The zero-order valence-electron chi connectivity index (χ0n) is 13.0. The van der Waals surface area contributed by atoms with E-state index in [9.17, 15) is 14.3 Å². The summed E-state index contributed by atoms with van der Waals surface area (Å²) in [5.41, 5.74) is 0.442. The molecule has 1 saturated heterocycles. The van der Waals surface area contributed by atoms with E-state index >= 15 is 0 Å². The van der Waals surface area contributed by atoms with Gasteiger partial charge in [0, 0.05) is 30.9 Å². The molecule has 1 amide bonds. The molecule has 6 nitrogen and oxygen atoms in total. The van der Waals surface area contributed by atoms with Gasteiger partial charge in [-0.25, -0.2) is 4.98 Å². The minimum atomic E-state index is -0.666. The smallest absolute Gasteiger partial charge is 0.274 e. The topological polar surface area (TPSA) is 75.9 Å². The molecular weight excluding hydrogens is 301 g/mol. The highest BCUT2D eigenvalue weighted by atomic mass is 19.1. The van der Waals surface area contributed by atoms with E-state index in [-0.39, 0.29) is 18.8 Å². The number of carbonyl (C=O) groups excluding carboxylic acids is 1. The van der Waals surface area contributed by atoms with Gasteiger partial charge in [-0.15, -0.1) is 0 Å². The fraction of sp³-hybridized carbons (Fsp3) is 0.500. The monoisotopic (exact) mass is 321 g/mol. The lowest BCUT2D eigenvalue weighted by atomic mass is 9.81. The number of aryl methyl sites for hydroxylation is 1. The SMILES string of the molecule is Cc1cccc2nc(C(=O)NCC3(CO)CCOCC3)c(F)n12. The number of aliphatic hydroxyl groups excluding tert-OH is 1. The van der Waals surface area contributed by atoms with Gasteiger partial charge >= 0.3 is 0 Å². The van der Waals surface area contributed by atoms with Gasteiger partial charge in [0.05, 0.1) is 6.61 Å². The Bertz CT molecular complexity index is 723. The van der Waals surface area contributed by atoms with Gasteiger partial charge in [0.15, 0.2) is 5.69 Å². The highest BCUT2D eigenvalue weighted by molar-refractivity contribution is 5.93. The normalized spacial score (nSPS) is 17.3. The molecule has 0 unspecified atom stereocenters. The molecule has 0 radical (unpaired) electrons. The molecule has 7 heteroatoms. The van der Waals surface area contributed by atoms with Crippen molar-refractivity contribution in [1.29, 1.82) is 0 Å². The average Bonchev–Trinajstić information content (AvgIpc) is 2.92. The number of amides is 1. The molecule has 124 valence electrons. The fourth-order valence-corrected chi connectivity index (χ4v) is 2.90. The van der Waals surface area contributed by atoms with E-state index < -0.39 is 17.3 Å². The quantitative estimate of drug-likeness (QED) is 0.890. The lowest BCUT2D eigenvalue weighted by Crippen LogP contribution is -2.44. The second-order valence-corrected chi connectivity index (χ2v) is 6.07. The van der Waals surface area contributed by atoms with Crippen LogP contribution in [-0.2, 0) is 4.74 Å². The molecule has 0 saturated carbocycles. The van der Waals surface area contributed by atoms with Gasteiger partial charge in [0.2, 0.25) is 5.95 Å². The third kappa shape index (κ3) is 2.94. The molecule has 3 rings (SSSR count). The minimum Gasteiger partial charge on any atom is -0.396 e. The van der Waals surface area contributed by atoms with Crippen LogP contribution in [0.25, 0.3) is 5.65 Å². The van der Waals surface area contributed by atoms with Crippen LogP contribution >= 0.6 is 0 Å². The van der Waals surface area contributed by atoms with Crippen molar-refractivity contribution >= 4 is 11.6 Å². The van der Waals surface area contributed by atoms with E-state index in [0.717, 1.165) is 0 Å². The molecule has 1 fully saturated rings. The maximum absolute atomic E-state index is 14.5. The molecule has 23 heavy (non-hydrogen) atoms. The van der Waals surface area contributed by atoms with E-state index in [1.165, 1.54) is 4.40 Å². The first-order chi connectivity index (χ1) is 11.1. The maximum atomic E-state index is 14.5. The summed E-state index contributed by atoms with van der Waals surface area (Å²) >= 11 is 0. The van der Waals surface area contributed by atoms with Crippen LogP contribution in [0.5, 0.6) is 0 Å². The number of halogens is 1. The van der Waals surface area contributed by atoms with Crippen molar-refractivity contribution in [2.24, 2.45) is 5.41 Å². The van der Waals surface area contributed by atoms with Crippen molar-refractivity contribution in [2.45, 2.75) is 19.8 Å². The van der Waals surface area contributed by atoms with Crippen LogP contribution in [0.2, 0.25) is 0 Å². The van der Waals surface area contributed by atoms with Gasteiger partial charge < -0.3 is 15.2 Å². The number of nitrogens with zero attached hydrogens (tertiary/aromatic N) is 2. The summed E-state index contributed by atoms with van der Waals surface area (Å²) in [7, 11) is 0. The lowest BCUT2D eigenvalue weighted by molar-refractivity contribution is -0.0146. The number of imidazole rings is 1. The highest BCUT2D eigenvalue weighted by Crippen LogP contribution is 2.29. The second-order valence-electron chi connectivity index (χ2n) is 6.07. The van der Waals surface area contributed by atoms with Crippen LogP contribution in [0, 0.1) is 18.3 Å². The summed E-state index contributed by atoms with van der Waals surface area (Å²) < 4.78 is 21.1. The second kappa shape index (κ2) is 6.25. The Morgan fingerprint density at radius 1 is 1.48 bits per heavy atom. The van der Waals surface area contributed by atoms with E-state index in [0.29, 0.717) is 37.4 Å². The van der Waals surface area contributed by atoms with Crippen LogP contribution in [0.3, 0.4) is 0 Å². The number of rotatable bonds is 4. The molecule has 3 heterocycles. The fourth-order valence-electron chi connectivity index (χ4n) is 2.90. The predicted molar refractivity (Wildman–Crippen MR) is 81.8 cm³/mol. The van der Waals surface area contributed by atoms with Gasteiger partial charge in [-0.05, 0) is 31.9 Å². The van der Waals surface area contributed by atoms with E-state index in [1.54, 1.807) is 25.1 Å². The summed E-state index contributed by atoms with van der Waals surface area (Å²) in [4.78, 5) is 16.4. The molecule has 0 bridgehead atoms. The lowest BCUT2D eigenvalue weighted by Gasteiger charge is -2.35. The number of hydrogen-bond acceptors (Lipinski definition) is 4. The molecular formula is C16H20FN3O3. The van der Waals surface area contributed by atoms with Gasteiger partial charge in [0.1, 0.15) is 5.65 Å². The number of ether oxygens (including phenoxy) is 1. The zero-order valence-corrected chi connectivity index (χ0v) is 13.0. The van der Waals surface area contributed by atoms with Crippen LogP contribution in [-0.4, -0.2) is 46.8 Å². The predicted octanol–water partition coefficient (Wildman–Crippen LogP) is 1.30. The number of carbonyl (C=O) groups is 1. The largest absolute Gasteiger partial charge is 0.396 e. The maximum Gasteiger partial charge on any atom is 0.274 e. The third-order valence-corrected chi connectivity index (χ3v) is 4.51. The Kier molecular flexibility index (Phi) is 4.32. The Labute approximate surface area is 133 Å². The number of hydrogen-bond donors (Lipinski definition) is 2. The zero-order chi connectivity index (χ0) is 16.4. The van der Waals surface area contributed by atoms with Crippen LogP contribution in [0.1, 0.15) is 29.0 Å². The molecule has 0 aromatic carbocycles. The first-order valence-corrected chi connectivity index (χ1v) is 7.67. The van der Waals surface area contributed by atoms with Gasteiger partial charge in [0.25, 0.3) is 5.91 Å². The van der Waals surface area contributed by atoms with E-state index in [1.807, 2.05) is 0 Å². The summed E-state index contributed by atoms with van der Waals surface area (Å²) in [6.45, 7) is 3.10. The third-order valence-electron chi connectivity index (χ3n) is 4.51. The number of aromatic nitrogens is 2. The molecule has 0 spiro atoms. The van der Waals surface area contributed by atoms with Crippen molar-refractivity contribution in [3.05, 3.63) is 35.5 Å². The van der Waals surface area contributed by atoms with E-state index in [2.05, 4.69) is 10.3 Å². The Morgan fingerprint density at radius 3 is 2.87 bits per heavy atom. The summed E-state index contributed by atoms with van der Waals surface area (Å²) in [6, 6.07) is 5.17. The Balaban J connectivity index is 1.78. The van der Waals surface area contributed by atoms with Crippen LogP contribution in [0.15, 0.2) is 18.2 Å². The van der Waals surface area contributed by atoms with Crippen molar-refractivity contribution in [1.82, 2.24) is 14.7 Å². The number of pyridine rings is 1. The molecule has 2 aromatic rings. The van der Waals surface area contributed by atoms with Gasteiger partial charge in [-0.1, -0.05) is 6.07 Å². The summed E-state index contributed by atoms with van der Waals surface area (Å²) in [5, 5.41) is 12.3. The van der Waals surface area contributed by atoms with Crippen molar-refractivity contribution in [3.63, 3.8) is 0 Å². The Hall–Kier alpha value is -1.99. The molecule has 0 aliphatic carbocycles. The molecule has 1 aliphatic heterocycles. The average molecular weight is 321 g/mol. The first-order valence-electron chi connectivity index (χ1n) is 7.67. The highest BCUT2D eigenvalue weighted by Gasteiger charge is 2.33. The molecule has 0 atom stereocenters. The van der Waals surface area contributed by atoms with Crippen molar-refractivity contribution in [3.8, 4) is 0 Å².